The van der Waals surface area contributed by atoms with E-state index in [0.717, 1.165) is 11.3 Å². The van der Waals surface area contributed by atoms with E-state index in [4.69, 9.17) is 4.74 Å². The van der Waals surface area contributed by atoms with Gasteiger partial charge < -0.3 is 25.5 Å². The van der Waals surface area contributed by atoms with E-state index in [-0.39, 0.29) is 17.7 Å². The summed E-state index contributed by atoms with van der Waals surface area (Å²) in [4.78, 5) is 31.8. The molecule has 1 aliphatic rings. The van der Waals surface area contributed by atoms with Crippen molar-refractivity contribution in [3.63, 3.8) is 0 Å². The van der Waals surface area contributed by atoms with Crippen molar-refractivity contribution in [2.24, 2.45) is 5.92 Å². The van der Waals surface area contributed by atoms with E-state index in [1.165, 1.54) is 6.20 Å². The van der Waals surface area contributed by atoms with Crippen molar-refractivity contribution < 1.29 is 19.4 Å². The van der Waals surface area contributed by atoms with Crippen LogP contribution in [0, 0.1) is 12.8 Å². The minimum atomic E-state index is -0.675. The molecule has 1 aromatic heterocycles. The zero-order chi connectivity index (χ0) is 20.1. The molecule has 4 N–H and O–H groups in total. The van der Waals surface area contributed by atoms with E-state index in [9.17, 15) is 14.7 Å². The van der Waals surface area contributed by atoms with Gasteiger partial charge in [-0.3, -0.25) is 9.59 Å². The molecule has 3 rings (SSSR count). The second-order valence-electron chi connectivity index (χ2n) is 7.07. The van der Waals surface area contributed by atoms with Gasteiger partial charge >= 0.3 is 0 Å². The lowest BCUT2D eigenvalue weighted by atomic mass is 9.83. The predicted molar refractivity (Wildman–Crippen MR) is 103 cm³/mol. The molecular formula is C20H26N4O4. The second kappa shape index (κ2) is 8.88. The number of aliphatic hydroxyl groups is 1. The van der Waals surface area contributed by atoms with Crippen LogP contribution in [0.25, 0.3) is 0 Å². The number of methoxy groups -OCH3 is 1. The van der Waals surface area contributed by atoms with E-state index < -0.39 is 12.1 Å². The Morgan fingerprint density at radius 2 is 2.11 bits per heavy atom. The van der Waals surface area contributed by atoms with Crippen LogP contribution < -0.4 is 15.4 Å². The number of aryl methyl sites for hydroxylation is 1. The van der Waals surface area contributed by atoms with Gasteiger partial charge in [0.2, 0.25) is 5.91 Å². The van der Waals surface area contributed by atoms with Crippen molar-refractivity contribution in [2.75, 3.05) is 7.11 Å². The number of aromatic amines is 1. The zero-order valence-corrected chi connectivity index (χ0v) is 16.1. The Morgan fingerprint density at radius 1 is 1.32 bits per heavy atom. The lowest BCUT2D eigenvalue weighted by Crippen LogP contribution is -2.49. The average molecular weight is 386 g/mol. The van der Waals surface area contributed by atoms with Crippen LogP contribution in [0.2, 0.25) is 0 Å². The first-order valence-corrected chi connectivity index (χ1v) is 9.38. The summed E-state index contributed by atoms with van der Waals surface area (Å²) in [7, 11) is 1.59. The molecule has 28 heavy (non-hydrogen) atoms. The fourth-order valence-corrected chi connectivity index (χ4v) is 3.51. The van der Waals surface area contributed by atoms with Gasteiger partial charge in [-0.15, -0.1) is 0 Å². The number of ether oxygens (including phenoxy) is 1. The number of carbonyl (C=O) groups excluding carboxylic acids is 2. The lowest BCUT2D eigenvalue weighted by molar-refractivity contribution is -0.127. The van der Waals surface area contributed by atoms with Crippen LogP contribution in [0.4, 0.5) is 0 Å². The van der Waals surface area contributed by atoms with Crippen LogP contribution in [0.1, 0.15) is 41.1 Å². The van der Waals surface area contributed by atoms with Gasteiger partial charge in [0.25, 0.3) is 5.91 Å². The Bertz CT molecular complexity index is 835. The molecule has 2 amide bonds. The molecule has 0 saturated heterocycles. The molecule has 3 atom stereocenters. The molecule has 1 saturated carbocycles. The van der Waals surface area contributed by atoms with Crippen molar-refractivity contribution in [2.45, 2.75) is 44.9 Å². The summed E-state index contributed by atoms with van der Waals surface area (Å²) in [5.74, 6) is 0.672. The molecule has 0 spiro atoms. The van der Waals surface area contributed by atoms with Crippen LogP contribution in [-0.4, -0.2) is 46.1 Å². The third kappa shape index (κ3) is 4.69. The van der Waals surface area contributed by atoms with Crippen molar-refractivity contribution >= 4 is 11.8 Å². The molecular weight excluding hydrogens is 360 g/mol. The highest BCUT2D eigenvalue weighted by atomic mass is 16.5. The fourth-order valence-electron chi connectivity index (χ4n) is 3.51. The van der Waals surface area contributed by atoms with Crippen LogP contribution in [0.5, 0.6) is 5.75 Å². The van der Waals surface area contributed by atoms with Gasteiger partial charge in [0.1, 0.15) is 17.3 Å². The van der Waals surface area contributed by atoms with E-state index in [2.05, 4.69) is 20.6 Å². The Kier molecular flexibility index (Phi) is 6.30. The highest BCUT2D eigenvalue weighted by Crippen LogP contribution is 2.26. The maximum absolute atomic E-state index is 12.6. The quantitative estimate of drug-likeness (QED) is 0.597. The van der Waals surface area contributed by atoms with Gasteiger partial charge in [-0.25, -0.2) is 4.98 Å². The third-order valence-corrected chi connectivity index (χ3v) is 5.09. The Labute approximate surface area is 163 Å². The van der Waals surface area contributed by atoms with Crippen molar-refractivity contribution in [3.05, 3.63) is 47.5 Å². The molecule has 1 aliphatic carbocycles. The molecule has 2 aromatic rings. The normalized spacial score (nSPS) is 21.8. The summed E-state index contributed by atoms with van der Waals surface area (Å²) in [5.41, 5.74) is 1.24. The Hall–Kier alpha value is -2.87. The maximum Gasteiger partial charge on any atom is 0.269 e. The van der Waals surface area contributed by atoms with E-state index in [0.29, 0.717) is 37.3 Å². The average Bonchev–Trinajstić information content (AvgIpc) is 3.14. The van der Waals surface area contributed by atoms with Gasteiger partial charge in [-0.2, -0.15) is 0 Å². The fraction of sp³-hybridized carbons (Fsp3) is 0.450. The summed E-state index contributed by atoms with van der Waals surface area (Å²) in [6.45, 7) is 2.13. The second-order valence-corrected chi connectivity index (χ2v) is 7.07. The van der Waals surface area contributed by atoms with Crippen LogP contribution in [-0.2, 0) is 11.3 Å². The smallest absolute Gasteiger partial charge is 0.269 e. The predicted octanol–water partition coefficient (Wildman–Crippen LogP) is 1.30. The summed E-state index contributed by atoms with van der Waals surface area (Å²) in [6, 6.07) is 7.04. The van der Waals surface area contributed by atoms with Crippen LogP contribution in [0.15, 0.2) is 30.5 Å². The molecule has 0 unspecified atom stereocenters. The molecule has 150 valence electrons. The van der Waals surface area contributed by atoms with Crippen molar-refractivity contribution in [1.29, 1.82) is 0 Å². The summed E-state index contributed by atoms with van der Waals surface area (Å²) in [5, 5.41) is 16.0. The number of benzene rings is 1. The van der Waals surface area contributed by atoms with Crippen LogP contribution in [0.3, 0.4) is 0 Å². The minimum absolute atomic E-state index is 0.0885. The minimum Gasteiger partial charge on any atom is -0.496 e. The highest BCUT2D eigenvalue weighted by molar-refractivity contribution is 5.92. The van der Waals surface area contributed by atoms with E-state index in [1.807, 2.05) is 24.3 Å². The molecule has 8 heteroatoms. The number of para-hydroxylation sites is 1. The SMILES string of the molecule is COc1ccccc1CNC(=O)[C@H]1CC[C@@H](O)[C@H](NC(=O)c2cnc(C)[nH]2)C1. The number of rotatable bonds is 6. The molecule has 0 bridgehead atoms. The number of nitrogens with one attached hydrogen (secondary N) is 3. The number of carbonyl (C=O) groups is 2. The summed E-state index contributed by atoms with van der Waals surface area (Å²) < 4.78 is 5.30. The van der Waals surface area contributed by atoms with Crippen LogP contribution >= 0.6 is 0 Å². The van der Waals surface area contributed by atoms with Crippen molar-refractivity contribution in [3.8, 4) is 5.75 Å². The first-order chi connectivity index (χ1) is 13.5. The summed E-state index contributed by atoms with van der Waals surface area (Å²) >= 11 is 0. The standard InChI is InChI=1S/C20H26N4O4/c1-12-21-11-16(23-12)20(27)24-15-9-13(7-8-17(15)25)19(26)22-10-14-5-3-4-6-18(14)28-2/h3-6,11,13,15,17,25H,7-10H2,1-2H3,(H,21,23)(H,22,26)(H,24,27)/t13-,15+,17+/m0/s1. The number of imidazole rings is 1. The molecule has 1 aromatic carbocycles. The largest absolute Gasteiger partial charge is 0.496 e. The lowest BCUT2D eigenvalue weighted by Gasteiger charge is -2.33. The number of aromatic nitrogens is 2. The zero-order valence-electron chi connectivity index (χ0n) is 16.1. The molecule has 1 fully saturated rings. The Morgan fingerprint density at radius 3 is 2.82 bits per heavy atom. The van der Waals surface area contributed by atoms with E-state index >= 15 is 0 Å². The van der Waals surface area contributed by atoms with Gasteiger partial charge in [0.15, 0.2) is 0 Å². The maximum atomic E-state index is 12.6. The molecule has 0 radical (unpaired) electrons. The monoisotopic (exact) mass is 386 g/mol. The van der Waals surface area contributed by atoms with Gasteiger partial charge in [-0.05, 0) is 32.3 Å². The number of hydrogen-bond donors (Lipinski definition) is 4. The number of aliphatic hydroxyl groups excluding tert-OH is 1. The third-order valence-electron chi connectivity index (χ3n) is 5.09. The number of hydrogen-bond acceptors (Lipinski definition) is 5. The molecule has 0 aliphatic heterocycles. The number of nitrogens with zero attached hydrogens (tertiary/aromatic N) is 1. The first-order valence-electron chi connectivity index (χ1n) is 9.38. The van der Waals surface area contributed by atoms with Gasteiger partial charge in [-0.1, -0.05) is 18.2 Å². The van der Waals surface area contributed by atoms with Crippen molar-refractivity contribution in [1.82, 2.24) is 20.6 Å². The topological polar surface area (TPSA) is 116 Å². The van der Waals surface area contributed by atoms with E-state index in [1.54, 1.807) is 14.0 Å². The van der Waals surface area contributed by atoms with Gasteiger partial charge in [0.05, 0.1) is 25.5 Å². The van der Waals surface area contributed by atoms with Gasteiger partial charge in [0, 0.05) is 18.0 Å². The highest BCUT2D eigenvalue weighted by Gasteiger charge is 2.34. The Balaban J connectivity index is 1.57. The number of H-pyrrole nitrogens is 1. The number of amides is 2. The first kappa shape index (κ1) is 19.9. The molecule has 8 nitrogen and oxygen atoms in total. The molecule has 1 heterocycles. The summed E-state index contributed by atoms with van der Waals surface area (Å²) in [6.07, 6.45) is 2.20.